The molecule has 152 valence electrons. The number of anilines is 1. The second kappa shape index (κ2) is 9.87. The van der Waals surface area contributed by atoms with E-state index in [9.17, 15) is 13.2 Å². The molecule has 3 aromatic rings. The number of sulfonamides is 1. The summed E-state index contributed by atoms with van der Waals surface area (Å²) >= 11 is 5.81. The number of nitrogens with zero attached hydrogens (tertiary/aromatic N) is 1. The summed E-state index contributed by atoms with van der Waals surface area (Å²) in [5.74, 6) is -0.525. The summed E-state index contributed by atoms with van der Waals surface area (Å²) in [6, 6.07) is 21.6. The van der Waals surface area contributed by atoms with E-state index < -0.39 is 15.9 Å². The van der Waals surface area contributed by atoms with Gasteiger partial charge in [0.1, 0.15) is 0 Å². The predicted octanol–water partition coefficient (Wildman–Crippen LogP) is 4.57. The molecule has 0 saturated carbocycles. The van der Waals surface area contributed by atoms with Crippen molar-refractivity contribution in [2.45, 2.75) is 4.90 Å². The molecule has 0 atom stereocenters. The number of allylic oxidation sites excluding steroid dienone is 1. The van der Waals surface area contributed by atoms with Crippen molar-refractivity contribution in [3.05, 3.63) is 101 Å². The number of hydrazone groups is 1. The zero-order chi connectivity index (χ0) is 21.4. The predicted molar refractivity (Wildman–Crippen MR) is 120 cm³/mol. The molecule has 0 aliphatic rings. The van der Waals surface area contributed by atoms with Gasteiger partial charge in [0, 0.05) is 22.5 Å². The molecule has 8 heteroatoms. The Morgan fingerprint density at radius 3 is 2.40 bits per heavy atom. The number of nitrogens with one attached hydrogen (secondary N) is 2. The molecule has 0 aliphatic carbocycles. The Morgan fingerprint density at radius 2 is 1.67 bits per heavy atom. The highest BCUT2D eigenvalue weighted by molar-refractivity contribution is 7.92. The largest absolute Gasteiger partial charge is 0.280 e. The fourth-order valence-electron chi connectivity index (χ4n) is 2.46. The van der Waals surface area contributed by atoms with E-state index in [1.54, 1.807) is 30.3 Å². The maximum Gasteiger partial charge on any atom is 0.271 e. The number of benzene rings is 3. The first kappa shape index (κ1) is 21.3. The summed E-state index contributed by atoms with van der Waals surface area (Å²) in [7, 11) is -3.86. The lowest BCUT2D eigenvalue weighted by molar-refractivity contribution is 0.0955. The molecule has 0 heterocycles. The van der Waals surface area contributed by atoms with Gasteiger partial charge in [-0.2, -0.15) is 5.10 Å². The van der Waals surface area contributed by atoms with Gasteiger partial charge in [-0.25, -0.2) is 13.8 Å². The molecule has 2 N–H and O–H groups in total. The van der Waals surface area contributed by atoms with Crippen LogP contribution in [0, 0.1) is 0 Å². The molecule has 30 heavy (non-hydrogen) atoms. The number of rotatable bonds is 7. The Kier molecular flexibility index (Phi) is 7.00. The lowest BCUT2D eigenvalue weighted by Crippen LogP contribution is -2.19. The van der Waals surface area contributed by atoms with Crippen LogP contribution in [0.4, 0.5) is 5.69 Å². The summed E-state index contributed by atoms with van der Waals surface area (Å²) in [4.78, 5) is 12.2. The molecule has 0 saturated heterocycles. The third kappa shape index (κ3) is 6.04. The van der Waals surface area contributed by atoms with Gasteiger partial charge < -0.3 is 0 Å². The zero-order valence-corrected chi connectivity index (χ0v) is 17.3. The van der Waals surface area contributed by atoms with Crippen LogP contribution in [-0.4, -0.2) is 20.5 Å². The molecule has 0 bridgehead atoms. The molecule has 3 rings (SSSR count). The van der Waals surface area contributed by atoms with E-state index in [0.29, 0.717) is 10.7 Å². The van der Waals surface area contributed by atoms with Crippen LogP contribution in [0.1, 0.15) is 15.9 Å². The minimum atomic E-state index is -3.86. The Bertz CT molecular complexity index is 1180. The monoisotopic (exact) mass is 439 g/mol. The number of carbonyl (C=O) groups is 1. The number of hydrogen-bond donors (Lipinski definition) is 2. The van der Waals surface area contributed by atoms with Crippen LogP contribution in [0.5, 0.6) is 0 Å². The second-order valence-electron chi connectivity index (χ2n) is 6.13. The van der Waals surface area contributed by atoms with E-state index in [1.807, 2.05) is 36.4 Å². The van der Waals surface area contributed by atoms with E-state index >= 15 is 0 Å². The van der Waals surface area contributed by atoms with Crippen molar-refractivity contribution in [3.63, 3.8) is 0 Å². The molecule has 6 nitrogen and oxygen atoms in total. The van der Waals surface area contributed by atoms with Gasteiger partial charge in [-0.05, 0) is 54.1 Å². The molecule has 0 spiro atoms. The Balaban J connectivity index is 1.65. The third-order valence-electron chi connectivity index (χ3n) is 3.92. The van der Waals surface area contributed by atoms with Gasteiger partial charge in [-0.1, -0.05) is 54.1 Å². The molecule has 0 fully saturated rings. The molecular weight excluding hydrogens is 422 g/mol. The van der Waals surface area contributed by atoms with Gasteiger partial charge in [0.05, 0.1) is 4.90 Å². The SMILES string of the molecule is O=C(N/N=C\C=C\c1ccccc1)c1cccc(S(=O)(=O)Nc2ccc(Cl)cc2)c1. The first-order chi connectivity index (χ1) is 14.4. The number of hydrogen-bond acceptors (Lipinski definition) is 4. The number of halogens is 1. The van der Waals surface area contributed by atoms with E-state index in [-0.39, 0.29) is 10.5 Å². The van der Waals surface area contributed by atoms with Crippen LogP contribution in [0.25, 0.3) is 6.08 Å². The molecule has 0 radical (unpaired) electrons. The van der Waals surface area contributed by atoms with Crippen molar-refractivity contribution >= 4 is 45.5 Å². The van der Waals surface area contributed by atoms with Crippen molar-refractivity contribution in [2.75, 3.05) is 4.72 Å². The highest BCUT2D eigenvalue weighted by atomic mass is 35.5. The topological polar surface area (TPSA) is 87.6 Å². The van der Waals surface area contributed by atoms with Crippen LogP contribution in [0.3, 0.4) is 0 Å². The van der Waals surface area contributed by atoms with E-state index in [4.69, 9.17) is 11.6 Å². The molecule has 3 aromatic carbocycles. The molecule has 0 unspecified atom stereocenters. The first-order valence-corrected chi connectivity index (χ1v) is 10.7. The smallest absolute Gasteiger partial charge is 0.271 e. The Morgan fingerprint density at radius 1 is 0.933 bits per heavy atom. The summed E-state index contributed by atoms with van der Waals surface area (Å²) < 4.78 is 27.6. The van der Waals surface area contributed by atoms with Gasteiger partial charge >= 0.3 is 0 Å². The van der Waals surface area contributed by atoms with Gasteiger partial charge in [0.15, 0.2) is 0 Å². The molecule has 1 amide bonds. The Hall–Kier alpha value is -3.42. The van der Waals surface area contributed by atoms with E-state index in [0.717, 1.165) is 5.56 Å². The van der Waals surface area contributed by atoms with E-state index in [1.165, 1.54) is 30.5 Å². The summed E-state index contributed by atoms with van der Waals surface area (Å²) in [5.41, 5.74) is 3.90. The maximum absolute atomic E-state index is 12.6. The fourth-order valence-corrected chi connectivity index (χ4v) is 3.69. The standard InChI is InChI=1S/C22H18ClN3O3S/c23-19-11-13-20(14-12-19)26-30(28,29)21-10-4-9-18(16-21)22(27)25-24-15-5-8-17-6-2-1-3-7-17/h1-16,26H,(H,25,27)/b8-5+,24-15-. The van der Waals surface area contributed by atoms with Gasteiger partial charge in [-0.15, -0.1) is 0 Å². The average molecular weight is 440 g/mol. The number of amides is 1. The lowest BCUT2D eigenvalue weighted by Gasteiger charge is -2.09. The van der Waals surface area contributed by atoms with Crippen molar-refractivity contribution in [2.24, 2.45) is 5.10 Å². The van der Waals surface area contributed by atoms with Gasteiger partial charge in [-0.3, -0.25) is 9.52 Å². The highest BCUT2D eigenvalue weighted by Crippen LogP contribution is 2.19. The zero-order valence-electron chi connectivity index (χ0n) is 15.7. The summed E-state index contributed by atoms with van der Waals surface area (Å²) in [6.45, 7) is 0. The van der Waals surface area contributed by atoms with Crippen LogP contribution >= 0.6 is 11.6 Å². The average Bonchev–Trinajstić information content (AvgIpc) is 2.76. The highest BCUT2D eigenvalue weighted by Gasteiger charge is 2.16. The Labute approximate surface area is 180 Å². The quantitative estimate of drug-likeness (QED) is 0.417. The van der Waals surface area contributed by atoms with Gasteiger partial charge in [0.2, 0.25) is 0 Å². The maximum atomic E-state index is 12.6. The second-order valence-corrected chi connectivity index (χ2v) is 8.25. The van der Waals surface area contributed by atoms with Crippen molar-refractivity contribution in [1.82, 2.24) is 5.43 Å². The third-order valence-corrected chi connectivity index (χ3v) is 5.55. The summed E-state index contributed by atoms with van der Waals surface area (Å²) in [5, 5.41) is 4.34. The molecule has 0 aliphatic heterocycles. The van der Waals surface area contributed by atoms with Gasteiger partial charge in [0.25, 0.3) is 15.9 Å². The molecule has 0 aromatic heterocycles. The minimum absolute atomic E-state index is 0.0435. The molecular formula is C22H18ClN3O3S. The minimum Gasteiger partial charge on any atom is -0.280 e. The van der Waals surface area contributed by atoms with Crippen molar-refractivity contribution in [3.8, 4) is 0 Å². The van der Waals surface area contributed by atoms with Crippen LogP contribution < -0.4 is 10.1 Å². The normalized spacial score (nSPS) is 11.6. The van der Waals surface area contributed by atoms with Crippen LogP contribution in [0.15, 0.2) is 94.9 Å². The van der Waals surface area contributed by atoms with Crippen molar-refractivity contribution < 1.29 is 13.2 Å². The van der Waals surface area contributed by atoms with Crippen molar-refractivity contribution in [1.29, 1.82) is 0 Å². The van der Waals surface area contributed by atoms with Crippen LogP contribution in [-0.2, 0) is 10.0 Å². The lowest BCUT2D eigenvalue weighted by atomic mass is 10.2. The first-order valence-electron chi connectivity index (χ1n) is 8.88. The fraction of sp³-hybridized carbons (Fsp3) is 0. The summed E-state index contributed by atoms with van der Waals surface area (Å²) in [6.07, 6.45) is 4.96. The van der Waals surface area contributed by atoms with E-state index in [2.05, 4.69) is 15.2 Å². The number of carbonyl (C=O) groups excluding carboxylic acids is 1. The van der Waals surface area contributed by atoms with Crippen LogP contribution in [0.2, 0.25) is 5.02 Å².